The van der Waals surface area contributed by atoms with Crippen LogP contribution in [-0.4, -0.2) is 11.5 Å². The van der Waals surface area contributed by atoms with Gasteiger partial charge in [0.15, 0.2) is 0 Å². The largest absolute Gasteiger partial charge is 1.00 e. The van der Waals surface area contributed by atoms with Crippen molar-refractivity contribution in [2.24, 2.45) is 0 Å². The van der Waals surface area contributed by atoms with Gasteiger partial charge in [0.2, 0.25) is 0 Å². The molecule has 0 aliphatic heterocycles. The first-order chi connectivity index (χ1) is 7.42. The summed E-state index contributed by atoms with van der Waals surface area (Å²) in [4.78, 5) is 4.10. The monoisotopic (exact) mass is 327 g/mol. The number of hydrogen-bond donors (Lipinski definition) is 0. The molecule has 0 unspecified atom stereocenters. The average molecular weight is 327 g/mol. The van der Waals surface area contributed by atoms with Gasteiger partial charge in [0.1, 0.15) is 12.4 Å². The van der Waals surface area contributed by atoms with Gasteiger partial charge in [-0.2, -0.15) is 0 Å². The second-order valence-electron chi connectivity index (χ2n) is 3.19. The lowest BCUT2D eigenvalue weighted by Crippen LogP contribution is -3.00. The summed E-state index contributed by atoms with van der Waals surface area (Å²) in [6.07, 6.45) is 5.56. The number of benzene rings is 1. The van der Waals surface area contributed by atoms with Crippen molar-refractivity contribution in [2.45, 2.75) is 6.92 Å². The van der Waals surface area contributed by atoms with Gasteiger partial charge in [-0.3, -0.25) is 0 Å². The third-order valence-electron chi connectivity index (χ3n) is 2.23. The maximum atomic E-state index is 4.10. The van der Waals surface area contributed by atoms with Crippen LogP contribution in [0, 0.1) is 0 Å². The Balaban J connectivity index is 0.00000128. The van der Waals surface area contributed by atoms with Gasteiger partial charge in [0.25, 0.3) is 0 Å². The summed E-state index contributed by atoms with van der Waals surface area (Å²) < 4.78 is 1.98. The molecule has 0 atom stereocenters. The van der Waals surface area contributed by atoms with E-state index in [-0.39, 0.29) is 24.0 Å². The van der Waals surface area contributed by atoms with Gasteiger partial charge in [-0.05, 0) is 19.1 Å². The van der Waals surface area contributed by atoms with Gasteiger partial charge in [-0.25, -0.2) is 5.01 Å². The molecule has 4 heteroatoms. The maximum absolute atomic E-state index is 4.10. The van der Waals surface area contributed by atoms with Crippen molar-refractivity contribution >= 4 is 5.69 Å². The second-order valence-corrected chi connectivity index (χ2v) is 3.19. The van der Waals surface area contributed by atoms with Gasteiger partial charge in [-0.15, -0.1) is 4.68 Å². The van der Waals surface area contributed by atoms with Crippen LogP contribution < -0.4 is 33.7 Å². The quantitative estimate of drug-likeness (QED) is 0.514. The van der Waals surface area contributed by atoms with E-state index < -0.39 is 0 Å². The number of hydrogen-bond acceptors (Lipinski definition) is 2. The molecule has 0 fully saturated rings. The zero-order valence-electron chi connectivity index (χ0n) is 9.12. The lowest BCUT2D eigenvalue weighted by Gasteiger charge is -2.18. The molecule has 0 saturated carbocycles. The summed E-state index contributed by atoms with van der Waals surface area (Å²) in [5.74, 6) is 0. The number of anilines is 1. The van der Waals surface area contributed by atoms with Crippen LogP contribution in [-0.2, 0) is 0 Å². The van der Waals surface area contributed by atoms with Crippen molar-refractivity contribution in [3.05, 3.63) is 55.1 Å². The Morgan fingerprint density at radius 1 is 1.19 bits per heavy atom. The number of aromatic nitrogens is 2. The minimum Gasteiger partial charge on any atom is -1.00 e. The van der Waals surface area contributed by atoms with Crippen molar-refractivity contribution in [3.8, 4) is 0 Å². The number of rotatable bonds is 3. The molecule has 0 bridgehead atoms. The average Bonchev–Trinajstić information content (AvgIpc) is 2.33. The van der Waals surface area contributed by atoms with Crippen LogP contribution in [0.5, 0.6) is 0 Å². The summed E-state index contributed by atoms with van der Waals surface area (Å²) in [5, 5.41) is 2.15. The number of para-hydroxylation sites is 1. The molecule has 2 aromatic rings. The third kappa shape index (κ3) is 2.91. The molecule has 0 amide bonds. The van der Waals surface area contributed by atoms with Crippen LogP contribution in [0.25, 0.3) is 0 Å². The van der Waals surface area contributed by atoms with E-state index >= 15 is 0 Å². The third-order valence-corrected chi connectivity index (χ3v) is 2.23. The first-order valence-corrected chi connectivity index (χ1v) is 5.06. The van der Waals surface area contributed by atoms with E-state index in [0.717, 1.165) is 12.2 Å². The lowest BCUT2D eigenvalue weighted by atomic mass is 10.3. The van der Waals surface area contributed by atoms with E-state index in [1.165, 1.54) is 0 Å². The molecular formula is C12H14IN3. The van der Waals surface area contributed by atoms with E-state index in [4.69, 9.17) is 0 Å². The molecule has 16 heavy (non-hydrogen) atoms. The molecule has 0 aliphatic carbocycles. The van der Waals surface area contributed by atoms with Gasteiger partial charge in [0.05, 0.1) is 12.2 Å². The first-order valence-electron chi connectivity index (χ1n) is 5.06. The highest BCUT2D eigenvalue weighted by atomic mass is 127. The van der Waals surface area contributed by atoms with E-state index in [2.05, 4.69) is 29.0 Å². The summed E-state index contributed by atoms with van der Waals surface area (Å²) in [5.41, 5.74) is 1.16. The molecule has 3 nitrogen and oxygen atoms in total. The lowest BCUT2D eigenvalue weighted by molar-refractivity contribution is -0.687. The van der Waals surface area contributed by atoms with Crippen molar-refractivity contribution in [2.75, 3.05) is 11.6 Å². The Kier molecular flexibility index (Phi) is 5.18. The number of halogens is 1. The van der Waals surface area contributed by atoms with Crippen LogP contribution in [0.2, 0.25) is 0 Å². The van der Waals surface area contributed by atoms with Crippen molar-refractivity contribution in [1.29, 1.82) is 0 Å². The summed E-state index contributed by atoms with van der Waals surface area (Å²) in [7, 11) is 0. The Morgan fingerprint density at radius 3 is 2.50 bits per heavy atom. The van der Waals surface area contributed by atoms with Crippen LogP contribution in [0.1, 0.15) is 6.92 Å². The fourth-order valence-electron chi connectivity index (χ4n) is 1.54. The first kappa shape index (κ1) is 12.9. The van der Waals surface area contributed by atoms with Crippen molar-refractivity contribution < 1.29 is 28.7 Å². The fraction of sp³-hybridized carbons (Fsp3) is 0.167. The fourth-order valence-corrected chi connectivity index (χ4v) is 1.54. The van der Waals surface area contributed by atoms with Crippen molar-refractivity contribution in [1.82, 2.24) is 4.98 Å². The Hall–Kier alpha value is -1.17. The summed E-state index contributed by atoms with van der Waals surface area (Å²) in [6.45, 7) is 3.02. The normalized spacial score (nSPS) is 9.31. The molecule has 1 heterocycles. The molecular weight excluding hydrogens is 313 g/mol. The van der Waals surface area contributed by atoms with Crippen molar-refractivity contribution in [3.63, 3.8) is 0 Å². The van der Waals surface area contributed by atoms with E-state index in [1.54, 1.807) is 12.5 Å². The maximum Gasteiger partial charge on any atom is 0.309 e. The highest BCUT2D eigenvalue weighted by molar-refractivity contribution is 5.42. The molecule has 2 rings (SSSR count). The minimum absolute atomic E-state index is 0. The minimum atomic E-state index is 0. The summed E-state index contributed by atoms with van der Waals surface area (Å²) in [6, 6.07) is 12.2. The number of nitrogens with zero attached hydrogens (tertiary/aromatic N) is 3. The van der Waals surface area contributed by atoms with Gasteiger partial charge in [-0.1, -0.05) is 23.2 Å². The van der Waals surface area contributed by atoms with Crippen LogP contribution >= 0.6 is 0 Å². The molecule has 0 saturated heterocycles. The molecule has 0 N–H and O–H groups in total. The molecule has 0 spiro atoms. The smallest absolute Gasteiger partial charge is 0.309 e. The SMILES string of the molecule is CCN(c1ccccc1)[n+]1cccnc1.[I-]. The molecule has 0 radical (unpaired) electrons. The van der Waals surface area contributed by atoms with E-state index in [0.29, 0.717) is 0 Å². The van der Waals surface area contributed by atoms with Gasteiger partial charge in [0, 0.05) is 6.07 Å². The zero-order valence-corrected chi connectivity index (χ0v) is 11.3. The standard InChI is InChI=1S/C12H14N3.HI/c1-2-15(12-7-4-3-5-8-12)14-10-6-9-13-11-14;/h3-11H,2H2,1H3;1H/q+1;/p-1. The predicted octanol–water partition coefficient (Wildman–Crippen LogP) is -1.34. The van der Waals surface area contributed by atoms with Gasteiger partial charge >= 0.3 is 6.33 Å². The van der Waals surface area contributed by atoms with Crippen LogP contribution in [0.4, 0.5) is 5.69 Å². The van der Waals surface area contributed by atoms with Gasteiger partial charge < -0.3 is 24.0 Å². The Morgan fingerprint density at radius 2 is 1.94 bits per heavy atom. The summed E-state index contributed by atoms with van der Waals surface area (Å²) >= 11 is 0. The van der Waals surface area contributed by atoms with Crippen LogP contribution in [0.15, 0.2) is 55.1 Å². The molecule has 1 aromatic carbocycles. The van der Waals surface area contributed by atoms with E-state index in [1.807, 2.05) is 35.1 Å². The highest BCUT2D eigenvalue weighted by Gasteiger charge is 2.08. The van der Waals surface area contributed by atoms with Crippen LogP contribution in [0.3, 0.4) is 0 Å². The van der Waals surface area contributed by atoms with E-state index in [9.17, 15) is 0 Å². The molecule has 0 aliphatic rings. The molecule has 84 valence electrons. The Bertz CT molecular complexity index is 366. The zero-order chi connectivity index (χ0) is 10.5. The predicted molar refractivity (Wildman–Crippen MR) is 59.3 cm³/mol. The highest BCUT2D eigenvalue weighted by Crippen LogP contribution is 2.09. The Labute approximate surface area is 113 Å². The topological polar surface area (TPSA) is 20.0 Å². The second kappa shape index (κ2) is 6.42. The molecule has 1 aromatic heterocycles.